The summed E-state index contributed by atoms with van der Waals surface area (Å²) in [6, 6.07) is 0. The van der Waals surface area contributed by atoms with Crippen molar-refractivity contribution in [1.29, 1.82) is 0 Å². The molecule has 0 saturated carbocycles. The molecule has 0 aliphatic rings. The van der Waals surface area contributed by atoms with Crippen molar-refractivity contribution >= 4 is 11.6 Å². The zero-order valence-electron chi connectivity index (χ0n) is 6.73. The second kappa shape index (κ2) is 3.69. The smallest absolute Gasteiger partial charge is 0.299 e. The summed E-state index contributed by atoms with van der Waals surface area (Å²) in [4.78, 5) is 21.1. The fourth-order valence-electron chi connectivity index (χ4n) is 0.698. The Morgan fingerprint density at radius 3 is 2.00 bits per heavy atom. The lowest BCUT2D eigenvalue weighted by Gasteiger charge is -2.09. The second-order valence-corrected chi connectivity index (χ2v) is 2.40. The molecule has 0 N–H and O–H groups in total. The highest BCUT2D eigenvalue weighted by molar-refractivity contribution is 6.04. The fourth-order valence-corrected chi connectivity index (χ4v) is 0.698. The van der Waals surface area contributed by atoms with Crippen molar-refractivity contribution in [3.63, 3.8) is 0 Å². The number of carbonyl (C=O) groups excluding carboxylic acids is 2. The number of halogens is 3. The van der Waals surface area contributed by atoms with Crippen LogP contribution in [0, 0.1) is 5.92 Å². The van der Waals surface area contributed by atoms with Crippen molar-refractivity contribution < 1.29 is 22.8 Å². The zero-order chi connectivity index (χ0) is 9.94. The molecular formula is C7H9F3O2. The molecule has 1 atom stereocenters. The second-order valence-electron chi connectivity index (χ2n) is 2.40. The third kappa shape index (κ3) is 2.64. The maximum atomic E-state index is 11.7. The van der Waals surface area contributed by atoms with Gasteiger partial charge in [0.25, 0.3) is 0 Å². The minimum Gasteiger partial charge on any atom is -0.299 e. The first kappa shape index (κ1) is 11.1. The highest BCUT2D eigenvalue weighted by Crippen LogP contribution is 2.21. The molecule has 2 nitrogen and oxygen atoms in total. The average molecular weight is 182 g/mol. The van der Waals surface area contributed by atoms with Crippen LogP contribution in [-0.2, 0) is 9.59 Å². The molecule has 0 bridgehead atoms. The Labute approximate surface area is 67.7 Å². The molecular weight excluding hydrogens is 173 g/mol. The third-order valence-corrected chi connectivity index (χ3v) is 1.50. The Bertz CT molecular complexity index is 195. The molecule has 0 radical (unpaired) electrons. The van der Waals surface area contributed by atoms with Crippen LogP contribution in [0.3, 0.4) is 0 Å². The summed E-state index contributed by atoms with van der Waals surface area (Å²) in [7, 11) is 0. The van der Waals surface area contributed by atoms with E-state index in [-0.39, 0.29) is 6.42 Å². The van der Waals surface area contributed by atoms with E-state index in [9.17, 15) is 22.8 Å². The van der Waals surface area contributed by atoms with Crippen molar-refractivity contribution in [3.8, 4) is 0 Å². The van der Waals surface area contributed by atoms with Gasteiger partial charge in [-0.2, -0.15) is 13.2 Å². The molecule has 0 aliphatic carbocycles. The van der Waals surface area contributed by atoms with Gasteiger partial charge in [-0.15, -0.1) is 0 Å². The summed E-state index contributed by atoms with van der Waals surface area (Å²) in [6.07, 6.45) is -4.95. The first-order chi connectivity index (χ1) is 5.30. The van der Waals surface area contributed by atoms with Gasteiger partial charge in [0.1, 0.15) is 5.78 Å². The lowest BCUT2D eigenvalue weighted by molar-refractivity contribution is -0.176. The molecule has 0 aliphatic heterocycles. The van der Waals surface area contributed by atoms with Gasteiger partial charge in [-0.3, -0.25) is 9.59 Å². The van der Waals surface area contributed by atoms with Gasteiger partial charge in [-0.1, -0.05) is 6.92 Å². The third-order valence-electron chi connectivity index (χ3n) is 1.50. The first-order valence-corrected chi connectivity index (χ1v) is 3.44. The van der Waals surface area contributed by atoms with Crippen LogP contribution in [-0.4, -0.2) is 17.7 Å². The van der Waals surface area contributed by atoms with Crippen molar-refractivity contribution in [2.24, 2.45) is 5.92 Å². The molecule has 0 heterocycles. The summed E-state index contributed by atoms with van der Waals surface area (Å²) in [5, 5.41) is 0. The van der Waals surface area contributed by atoms with Gasteiger partial charge in [0.2, 0.25) is 5.78 Å². The topological polar surface area (TPSA) is 34.1 Å². The van der Waals surface area contributed by atoms with Crippen LogP contribution >= 0.6 is 0 Å². The molecule has 0 saturated heterocycles. The molecule has 0 rings (SSSR count). The number of ketones is 2. The quantitative estimate of drug-likeness (QED) is 0.623. The Kier molecular flexibility index (Phi) is 3.42. The number of hydrogen-bond donors (Lipinski definition) is 0. The summed E-state index contributed by atoms with van der Waals surface area (Å²) in [5.41, 5.74) is 0. The normalized spacial score (nSPS) is 14.1. The van der Waals surface area contributed by atoms with E-state index in [0.717, 1.165) is 6.92 Å². The summed E-state index contributed by atoms with van der Waals surface area (Å²) >= 11 is 0. The van der Waals surface area contributed by atoms with Crippen LogP contribution in [0.25, 0.3) is 0 Å². The van der Waals surface area contributed by atoms with Gasteiger partial charge in [0.15, 0.2) is 0 Å². The maximum Gasteiger partial charge on any atom is 0.450 e. The SMILES string of the molecule is CCC(=O)[C@@H](C)C(=O)C(F)(F)F. The average Bonchev–Trinajstić information content (AvgIpc) is 1.98. The number of rotatable bonds is 3. The summed E-state index contributed by atoms with van der Waals surface area (Å²) in [6.45, 7) is 2.39. The van der Waals surface area contributed by atoms with E-state index in [0.29, 0.717) is 0 Å². The van der Waals surface area contributed by atoms with Crippen molar-refractivity contribution in [3.05, 3.63) is 0 Å². The highest BCUT2D eigenvalue weighted by Gasteiger charge is 2.43. The molecule has 0 unspecified atom stereocenters. The molecule has 0 aromatic carbocycles. The van der Waals surface area contributed by atoms with E-state index in [1.807, 2.05) is 0 Å². The standard InChI is InChI=1S/C7H9F3O2/c1-3-5(11)4(2)6(12)7(8,9)10/h4H,3H2,1-2H3/t4-/m1/s1. The largest absolute Gasteiger partial charge is 0.450 e. The van der Waals surface area contributed by atoms with E-state index < -0.39 is 23.7 Å². The molecule has 0 aromatic rings. The summed E-state index contributed by atoms with van der Waals surface area (Å²) in [5.74, 6) is -4.21. The molecule has 12 heavy (non-hydrogen) atoms. The highest BCUT2D eigenvalue weighted by atomic mass is 19.4. The minimum absolute atomic E-state index is 0.0526. The first-order valence-electron chi connectivity index (χ1n) is 3.44. The Morgan fingerprint density at radius 2 is 1.75 bits per heavy atom. The van der Waals surface area contributed by atoms with Gasteiger partial charge in [0, 0.05) is 6.42 Å². The van der Waals surface area contributed by atoms with Gasteiger partial charge in [0.05, 0.1) is 5.92 Å². The maximum absolute atomic E-state index is 11.7. The molecule has 0 fully saturated rings. The lowest BCUT2D eigenvalue weighted by atomic mass is 9.99. The number of carbonyl (C=O) groups is 2. The van der Waals surface area contributed by atoms with Crippen LogP contribution in [0.4, 0.5) is 13.2 Å². The molecule has 70 valence electrons. The number of hydrogen-bond acceptors (Lipinski definition) is 2. The van der Waals surface area contributed by atoms with E-state index >= 15 is 0 Å². The van der Waals surface area contributed by atoms with Gasteiger partial charge < -0.3 is 0 Å². The van der Waals surface area contributed by atoms with E-state index in [2.05, 4.69) is 0 Å². The number of Topliss-reactive ketones (excluding diaryl/α,β-unsaturated/α-hetero) is 2. The Hall–Kier alpha value is -0.870. The fraction of sp³-hybridized carbons (Fsp3) is 0.714. The van der Waals surface area contributed by atoms with Gasteiger partial charge in [-0.25, -0.2) is 0 Å². The predicted octanol–water partition coefficient (Wildman–Crippen LogP) is 1.73. The van der Waals surface area contributed by atoms with E-state index in [4.69, 9.17) is 0 Å². The molecule has 5 heteroatoms. The van der Waals surface area contributed by atoms with Crippen molar-refractivity contribution in [2.75, 3.05) is 0 Å². The Balaban J connectivity index is 4.41. The molecule has 0 aromatic heterocycles. The van der Waals surface area contributed by atoms with Crippen LogP contribution in [0.15, 0.2) is 0 Å². The Morgan fingerprint density at radius 1 is 1.33 bits per heavy atom. The van der Waals surface area contributed by atoms with E-state index in [1.165, 1.54) is 6.92 Å². The van der Waals surface area contributed by atoms with Crippen LogP contribution in [0.1, 0.15) is 20.3 Å². The zero-order valence-corrected chi connectivity index (χ0v) is 6.73. The number of alkyl halides is 3. The van der Waals surface area contributed by atoms with Crippen LogP contribution in [0.2, 0.25) is 0 Å². The lowest BCUT2D eigenvalue weighted by Crippen LogP contribution is -2.33. The van der Waals surface area contributed by atoms with Crippen molar-refractivity contribution in [2.45, 2.75) is 26.4 Å². The molecule has 0 spiro atoms. The van der Waals surface area contributed by atoms with Crippen LogP contribution < -0.4 is 0 Å². The predicted molar refractivity (Wildman–Crippen MR) is 35.5 cm³/mol. The molecule has 0 amide bonds. The monoisotopic (exact) mass is 182 g/mol. The van der Waals surface area contributed by atoms with Crippen molar-refractivity contribution in [1.82, 2.24) is 0 Å². The van der Waals surface area contributed by atoms with Gasteiger partial charge >= 0.3 is 6.18 Å². The van der Waals surface area contributed by atoms with Gasteiger partial charge in [-0.05, 0) is 6.92 Å². The van der Waals surface area contributed by atoms with Crippen LogP contribution in [0.5, 0.6) is 0 Å². The van der Waals surface area contributed by atoms with E-state index in [1.54, 1.807) is 0 Å². The minimum atomic E-state index is -4.90. The summed E-state index contributed by atoms with van der Waals surface area (Å²) < 4.78 is 35.1.